The summed E-state index contributed by atoms with van der Waals surface area (Å²) in [5, 5.41) is 2.83. The van der Waals surface area contributed by atoms with Gasteiger partial charge in [-0.05, 0) is 32.6 Å². The predicted octanol–water partition coefficient (Wildman–Crippen LogP) is 1.43. The fourth-order valence-electron chi connectivity index (χ4n) is 3.71. The SMILES string of the molecule is CC(OC1CCCCCC1)C(=O)N1CCCC(C(=O)NCCN)C1. The van der Waals surface area contributed by atoms with Crippen molar-refractivity contribution < 1.29 is 14.3 Å². The second-order valence-electron chi connectivity index (χ2n) is 7.09. The maximum atomic E-state index is 12.7. The number of ether oxygens (including phenoxy) is 1. The van der Waals surface area contributed by atoms with E-state index in [-0.39, 0.29) is 23.8 Å². The molecule has 2 atom stereocenters. The first-order valence-electron chi connectivity index (χ1n) is 9.54. The van der Waals surface area contributed by atoms with Gasteiger partial charge in [0, 0.05) is 26.2 Å². The van der Waals surface area contributed by atoms with Crippen molar-refractivity contribution in [2.75, 3.05) is 26.2 Å². The Morgan fingerprint density at radius 1 is 1.17 bits per heavy atom. The molecule has 0 radical (unpaired) electrons. The molecule has 0 bridgehead atoms. The van der Waals surface area contributed by atoms with Gasteiger partial charge in [-0.15, -0.1) is 0 Å². The van der Waals surface area contributed by atoms with Gasteiger partial charge in [-0.3, -0.25) is 9.59 Å². The van der Waals surface area contributed by atoms with Gasteiger partial charge in [0.1, 0.15) is 6.10 Å². The lowest BCUT2D eigenvalue weighted by molar-refractivity contribution is -0.149. The van der Waals surface area contributed by atoms with Crippen LogP contribution in [0, 0.1) is 5.92 Å². The van der Waals surface area contributed by atoms with Crippen molar-refractivity contribution in [2.24, 2.45) is 11.7 Å². The first-order chi connectivity index (χ1) is 11.6. The number of likely N-dealkylation sites (tertiary alicyclic amines) is 1. The Hall–Kier alpha value is -1.14. The average molecular weight is 339 g/mol. The molecule has 0 spiro atoms. The molecule has 1 saturated carbocycles. The number of carbonyl (C=O) groups excluding carboxylic acids is 2. The molecule has 1 aliphatic heterocycles. The van der Waals surface area contributed by atoms with Crippen molar-refractivity contribution in [3.05, 3.63) is 0 Å². The third-order valence-electron chi connectivity index (χ3n) is 5.09. The Bertz CT molecular complexity index is 408. The number of nitrogens with one attached hydrogen (secondary N) is 1. The van der Waals surface area contributed by atoms with E-state index in [1.54, 1.807) is 4.90 Å². The van der Waals surface area contributed by atoms with E-state index in [4.69, 9.17) is 10.5 Å². The maximum Gasteiger partial charge on any atom is 0.251 e. The highest BCUT2D eigenvalue weighted by atomic mass is 16.5. The third-order valence-corrected chi connectivity index (χ3v) is 5.09. The van der Waals surface area contributed by atoms with Crippen molar-refractivity contribution in [1.29, 1.82) is 0 Å². The van der Waals surface area contributed by atoms with Gasteiger partial charge < -0.3 is 20.7 Å². The van der Waals surface area contributed by atoms with E-state index in [0.29, 0.717) is 19.6 Å². The zero-order valence-corrected chi connectivity index (χ0v) is 15.0. The van der Waals surface area contributed by atoms with Crippen LogP contribution < -0.4 is 11.1 Å². The minimum Gasteiger partial charge on any atom is -0.365 e. The normalized spacial score (nSPS) is 24.2. The summed E-state index contributed by atoms with van der Waals surface area (Å²) in [5.41, 5.74) is 5.43. The van der Waals surface area contributed by atoms with Crippen LogP contribution in [0.3, 0.4) is 0 Å². The molecule has 0 aromatic carbocycles. The first-order valence-corrected chi connectivity index (χ1v) is 9.54. The first kappa shape index (κ1) is 19.2. The van der Waals surface area contributed by atoms with Crippen molar-refractivity contribution in [3.8, 4) is 0 Å². The van der Waals surface area contributed by atoms with Gasteiger partial charge in [0.05, 0.1) is 12.0 Å². The van der Waals surface area contributed by atoms with Crippen LogP contribution in [0.4, 0.5) is 0 Å². The molecule has 2 aliphatic rings. The summed E-state index contributed by atoms with van der Waals surface area (Å²) in [4.78, 5) is 26.6. The molecule has 2 rings (SSSR count). The van der Waals surface area contributed by atoms with E-state index >= 15 is 0 Å². The molecular formula is C18H33N3O3. The molecule has 0 aromatic heterocycles. The Labute approximate surface area is 145 Å². The molecule has 138 valence electrons. The molecule has 1 heterocycles. The monoisotopic (exact) mass is 339 g/mol. The smallest absolute Gasteiger partial charge is 0.251 e. The van der Waals surface area contributed by atoms with Crippen LogP contribution in [0.25, 0.3) is 0 Å². The highest BCUT2D eigenvalue weighted by Crippen LogP contribution is 2.23. The summed E-state index contributed by atoms with van der Waals surface area (Å²) in [6, 6.07) is 0. The lowest BCUT2D eigenvalue weighted by Crippen LogP contribution is -2.49. The number of hydrogen-bond donors (Lipinski definition) is 2. The van der Waals surface area contributed by atoms with Crippen molar-refractivity contribution in [1.82, 2.24) is 10.2 Å². The minimum absolute atomic E-state index is 0.00953. The van der Waals surface area contributed by atoms with E-state index in [1.807, 2.05) is 6.92 Å². The standard InChI is InChI=1S/C18H33N3O3/c1-14(24-16-8-4-2-3-5-9-16)18(23)21-12-6-7-15(13-21)17(22)20-11-10-19/h14-16H,2-13,19H2,1H3,(H,20,22). The van der Waals surface area contributed by atoms with E-state index in [9.17, 15) is 9.59 Å². The fourth-order valence-corrected chi connectivity index (χ4v) is 3.71. The second kappa shape index (κ2) is 9.99. The van der Waals surface area contributed by atoms with Gasteiger partial charge in [-0.1, -0.05) is 25.7 Å². The predicted molar refractivity (Wildman–Crippen MR) is 93.4 cm³/mol. The van der Waals surface area contributed by atoms with E-state index < -0.39 is 6.10 Å². The molecular weight excluding hydrogens is 306 g/mol. The molecule has 6 nitrogen and oxygen atoms in total. The Morgan fingerprint density at radius 3 is 2.54 bits per heavy atom. The number of carbonyl (C=O) groups is 2. The van der Waals surface area contributed by atoms with Crippen LogP contribution in [0.2, 0.25) is 0 Å². The number of nitrogens with two attached hydrogens (primary N) is 1. The zero-order valence-electron chi connectivity index (χ0n) is 15.0. The Morgan fingerprint density at radius 2 is 1.88 bits per heavy atom. The van der Waals surface area contributed by atoms with Gasteiger partial charge in [0.2, 0.25) is 5.91 Å². The van der Waals surface area contributed by atoms with Crippen molar-refractivity contribution in [2.45, 2.75) is 70.5 Å². The Kier molecular flexibility index (Phi) is 7.99. The number of piperidine rings is 1. The van der Waals surface area contributed by atoms with Crippen molar-refractivity contribution in [3.63, 3.8) is 0 Å². The van der Waals surface area contributed by atoms with Crippen LogP contribution in [-0.2, 0) is 14.3 Å². The van der Waals surface area contributed by atoms with Crippen LogP contribution in [0.15, 0.2) is 0 Å². The molecule has 6 heteroatoms. The summed E-state index contributed by atoms with van der Waals surface area (Å²) in [7, 11) is 0. The topological polar surface area (TPSA) is 84.7 Å². The van der Waals surface area contributed by atoms with Gasteiger partial charge in [0.15, 0.2) is 0 Å². The second-order valence-corrected chi connectivity index (χ2v) is 7.09. The van der Waals surface area contributed by atoms with Crippen LogP contribution in [-0.4, -0.2) is 55.1 Å². The minimum atomic E-state index is -0.418. The number of hydrogen-bond acceptors (Lipinski definition) is 4. The van der Waals surface area contributed by atoms with Crippen LogP contribution in [0.5, 0.6) is 0 Å². The molecule has 2 fully saturated rings. The summed E-state index contributed by atoms with van der Waals surface area (Å²) in [5.74, 6) is -0.0924. The summed E-state index contributed by atoms with van der Waals surface area (Å²) in [6.07, 6.45) is 8.53. The summed E-state index contributed by atoms with van der Waals surface area (Å²) < 4.78 is 6.04. The van der Waals surface area contributed by atoms with E-state index in [2.05, 4.69) is 5.32 Å². The number of rotatable bonds is 6. The molecule has 3 N–H and O–H groups in total. The fraction of sp³-hybridized carbons (Fsp3) is 0.889. The lowest BCUT2D eigenvalue weighted by Gasteiger charge is -2.34. The van der Waals surface area contributed by atoms with Crippen LogP contribution in [0.1, 0.15) is 58.3 Å². The largest absolute Gasteiger partial charge is 0.365 e. The molecule has 24 heavy (non-hydrogen) atoms. The van der Waals surface area contributed by atoms with Gasteiger partial charge in [-0.25, -0.2) is 0 Å². The molecule has 1 saturated heterocycles. The van der Waals surface area contributed by atoms with Crippen LogP contribution >= 0.6 is 0 Å². The highest BCUT2D eigenvalue weighted by molar-refractivity contribution is 5.83. The van der Waals surface area contributed by atoms with Gasteiger partial charge in [-0.2, -0.15) is 0 Å². The molecule has 1 aliphatic carbocycles. The molecule has 2 unspecified atom stereocenters. The Balaban J connectivity index is 1.82. The quantitative estimate of drug-likeness (QED) is 0.717. The zero-order chi connectivity index (χ0) is 17.4. The maximum absolute atomic E-state index is 12.7. The van der Waals surface area contributed by atoms with E-state index in [1.165, 1.54) is 25.7 Å². The van der Waals surface area contributed by atoms with Gasteiger partial charge in [0.25, 0.3) is 5.91 Å². The molecule has 0 aromatic rings. The van der Waals surface area contributed by atoms with E-state index in [0.717, 1.165) is 32.2 Å². The number of amides is 2. The highest BCUT2D eigenvalue weighted by Gasteiger charge is 2.31. The number of nitrogens with zero attached hydrogens (tertiary/aromatic N) is 1. The molecule has 2 amide bonds. The lowest BCUT2D eigenvalue weighted by atomic mass is 9.96. The van der Waals surface area contributed by atoms with Crippen molar-refractivity contribution >= 4 is 11.8 Å². The summed E-state index contributed by atoms with van der Waals surface area (Å²) >= 11 is 0. The average Bonchev–Trinajstić information content (AvgIpc) is 2.87. The summed E-state index contributed by atoms with van der Waals surface area (Å²) in [6.45, 7) is 3.99. The van der Waals surface area contributed by atoms with Gasteiger partial charge >= 0.3 is 0 Å². The third kappa shape index (κ3) is 5.74.